The maximum absolute atomic E-state index is 12.3. The molecule has 2 unspecified atom stereocenters. The van der Waals surface area contributed by atoms with E-state index in [9.17, 15) is 9.59 Å². The maximum Gasteiger partial charge on any atom is 0.317 e. The third kappa shape index (κ3) is 4.12. The summed E-state index contributed by atoms with van der Waals surface area (Å²) in [5, 5.41) is 12.0. The summed E-state index contributed by atoms with van der Waals surface area (Å²) >= 11 is 0. The fourth-order valence-electron chi connectivity index (χ4n) is 3.49. The molecule has 2 amide bonds. The first-order chi connectivity index (χ1) is 9.35. The number of nitrogens with one attached hydrogen (secondary N) is 1. The first-order valence-electron chi connectivity index (χ1n) is 7.63. The molecule has 0 aromatic heterocycles. The summed E-state index contributed by atoms with van der Waals surface area (Å²) in [6, 6.07) is 0.264. The van der Waals surface area contributed by atoms with E-state index in [-0.39, 0.29) is 24.4 Å². The molecule has 0 aromatic rings. The van der Waals surface area contributed by atoms with Gasteiger partial charge in [-0.1, -0.05) is 13.8 Å². The summed E-state index contributed by atoms with van der Waals surface area (Å²) in [6.07, 6.45) is 5.21. The van der Waals surface area contributed by atoms with Gasteiger partial charge in [-0.25, -0.2) is 4.79 Å². The normalized spacial score (nSPS) is 29.2. The van der Waals surface area contributed by atoms with Gasteiger partial charge in [0, 0.05) is 25.6 Å². The molecular weight excluding hydrogens is 256 g/mol. The van der Waals surface area contributed by atoms with Gasteiger partial charge in [0.05, 0.1) is 0 Å². The topological polar surface area (TPSA) is 69.6 Å². The zero-order valence-electron chi connectivity index (χ0n) is 12.5. The van der Waals surface area contributed by atoms with E-state index in [0.717, 1.165) is 38.6 Å². The number of aliphatic carboxylic acids is 1. The van der Waals surface area contributed by atoms with Crippen LogP contribution in [-0.4, -0.2) is 41.1 Å². The lowest BCUT2D eigenvalue weighted by Gasteiger charge is -2.33. The van der Waals surface area contributed by atoms with Crippen molar-refractivity contribution in [1.29, 1.82) is 0 Å². The zero-order valence-corrected chi connectivity index (χ0v) is 12.5. The van der Waals surface area contributed by atoms with Crippen molar-refractivity contribution in [2.45, 2.75) is 58.4 Å². The van der Waals surface area contributed by atoms with Crippen LogP contribution in [0.3, 0.4) is 0 Å². The van der Waals surface area contributed by atoms with Crippen molar-refractivity contribution in [3.8, 4) is 0 Å². The van der Waals surface area contributed by atoms with E-state index < -0.39 is 5.97 Å². The molecule has 20 heavy (non-hydrogen) atoms. The monoisotopic (exact) mass is 282 g/mol. The van der Waals surface area contributed by atoms with E-state index in [4.69, 9.17) is 5.11 Å². The summed E-state index contributed by atoms with van der Waals surface area (Å²) < 4.78 is 0. The second-order valence-electron chi connectivity index (χ2n) is 7.11. The van der Waals surface area contributed by atoms with Crippen molar-refractivity contribution in [2.75, 3.05) is 13.1 Å². The van der Waals surface area contributed by atoms with Crippen LogP contribution in [0, 0.1) is 11.3 Å². The van der Waals surface area contributed by atoms with Crippen LogP contribution >= 0.6 is 0 Å². The standard InChI is InChI=1S/C15H26N2O3/c1-15(2)6-5-12(9-15)16-14(20)17-7-3-4-11(10-17)8-13(18)19/h11-12H,3-10H2,1-2H3,(H,16,20)(H,18,19). The number of amides is 2. The van der Waals surface area contributed by atoms with Gasteiger partial charge in [0.25, 0.3) is 0 Å². The van der Waals surface area contributed by atoms with Crippen LogP contribution < -0.4 is 5.32 Å². The quantitative estimate of drug-likeness (QED) is 0.835. The van der Waals surface area contributed by atoms with Crippen LogP contribution in [0.2, 0.25) is 0 Å². The summed E-state index contributed by atoms with van der Waals surface area (Å²) in [4.78, 5) is 24.8. The minimum Gasteiger partial charge on any atom is -0.481 e. The number of rotatable bonds is 3. The minimum absolute atomic E-state index is 0.0113. The Morgan fingerprint density at radius 2 is 2.10 bits per heavy atom. The molecule has 5 heteroatoms. The van der Waals surface area contributed by atoms with E-state index >= 15 is 0 Å². The van der Waals surface area contributed by atoms with Crippen LogP contribution in [0.15, 0.2) is 0 Å². The second-order valence-corrected chi connectivity index (χ2v) is 7.11. The fourth-order valence-corrected chi connectivity index (χ4v) is 3.49. The van der Waals surface area contributed by atoms with Crippen LogP contribution in [0.25, 0.3) is 0 Å². The Morgan fingerprint density at radius 3 is 2.70 bits per heavy atom. The average Bonchev–Trinajstić information content (AvgIpc) is 2.68. The number of piperidine rings is 1. The smallest absolute Gasteiger partial charge is 0.317 e. The molecule has 1 saturated carbocycles. The van der Waals surface area contributed by atoms with Gasteiger partial charge in [-0.15, -0.1) is 0 Å². The Kier molecular flexibility index (Phi) is 4.55. The number of urea groups is 1. The van der Waals surface area contributed by atoms with Gasteiger partial charge in [0.2, 0.25) is 0 Å². The number of carbonyl (C=O) groups is 2. The van der Waals surface area contributed by atoms with E-state index in [1.807, 2.05) is 0 Å². The first kappa shape index (κ1) is 15.1. The van der Waals surface area contributed by atoms with Gasteiger partial charge in [0.15, 0.2) is 0 Å². The van der Waals surface area contributed by atoms with Crippen molar-refractivity contribution in [3.63, 3.8) is 0 Å². The van der Waals surface area contributed by atoms with E-state index in [2.05, 4.69) is 19.2 Å². The van der Waals surface area contributed by atoms with Gasteiger partial charge in [0.1, 0.15) is 0 Å². The van der Waals surface area contributed by atoms with E-state index in [1.54, 1.807) is 4.90 Å². The third-order valence-corrected chi connectivity index (χ3v) is 4.57. The first-order valence-corrected chi connectivity index (χ1v) is 7.63. The Labute approximate surface area is 120 Å². The summed E-state index contributed by atoms with van der Waals surface area (Å²) in [7, 11) is 0. The summed E-state index contributed by atoms with van der Waals surface area (Å²) in [5.74, 6) is -0.665. The molecule has 0 spiro atoms. The zero-order chi connectivity index (χ0) is 14.8. The highest BCUT2D eigenvalue weighted by atomic mass is 16.4. The van der Waals surface area contributed by atoms with E-state index in [0.29, 0.717) is 12.0 Å². The number of likely N-dealkylation sites (tertiary alicyclic amines) is 1. The van der Waals surface area contributed by atoms with Crippen molar-refractivity contribution in [1.82, 2.24) is 10.2 Å². The molecule has 1 aliphatic heterocycles. The Balaban J connectivity index is 1.81. The van der Waals surface area contributed by atoms with Crippen LogP contribution in [-0.2, 0) is 4.79 Å². The second kappa shape index (κ2) is 6.02. The predicted octanol–water partition coefficient (Wildman–Crippen LogP) is 2.46. The Hall–Kier alpha value is -1.26. The largest absolute Gasteiger partial charge is 0.481 e. The molecule has 0 radical (unpaired) electrons. The van der Waals surface area contributed by atoms with Crippen LogP contribution in [0.5, 0.6) is 0 Å². The minimum atomic E-state index is -0.769. The van der Waals surface area contributed by atoms with Crippen molar-refractivity contribution in [2.24, 2.45) is 11.3 Å². The number of carboxylic acids is 1. The lowest BCUT2D eigenvalue weighted by atomic mass is 9.92. The molecule has 2 fully saturated rings. The van der Waals surface area contributed by atoms with Crippen LogP contribution in [0.1, 0.15) is 52.4 Å². The molecule has 2 N–H and O–H groups in total. The van der Waals surface area contributed by atoms with Crippen LogP contribution in [0.4, 0.5) is 4.79 Å². The molecule has 2 rings (SSSR count). The summed E-state index contributed by atoms with van der Waals surface area (Å²) in [6.45, 7) is 5.80. The number of carbonyl (C=O) groups excluding carboxylic acids is 1. The fraction of sp³-hybridized carbons (Fsp3) is 0.867. The highest BCUT2D eigenvalue weighted by Gasteiger charge is 2.33. The number of carboxylic acid groups (broad SMARTS) is 1. The molecule has 1 aliphatic carbocycles. The van der Waals surface area contributed by atoms with Crippen molar-refractivity contribution >= 4 is 12.0 Å². The van der Waals surface area contributed by atoms with Crippen molar-refractivity contribution < 1.29 is 14.7 Å². The average molecular weight is 282 g/mol. The van der Waals surface area contributed by atoms with E-state index in [1.165, 1.54) is 0 Å². The highest BCUT2D eigenvalue weighted by Crippen LogP contribution is 2.37. The lowest BCUT2D eigenvalue weighted by Crippen LogP contribution is -2.48. The molecule has 0 bridgehead atoms. The van der Waals surface area contributed by atoms with Gasteiger partial charge in [-0.3, -0.25) is 4.79 Å². The molecule has 2 aliphatic rings. The predicted molar refractivity (Wildman–Crippen MR) is 76.5 cm³/mol. The highest BCUT2D eigenvalue weighted by molar-refractivity contribution is 5.75. The lowest BCUT2D eigenvalue weighted by molar-refractivity contribution is -0.138. The Bertz CT molecular complexity index is 381. The van der Waals surface area contributed by atoms with Gasteiger partial charge in [-0.2, -0.15) is 0 Å². The molecule has 114 valence electrons. The van der Waals surface area contributed by atoms with Gasteiger partial charge >= 0.3 is 12.0 Å². The molecule has 5 nitrogen and oxygen atoms in total. The van der Waals surface area contributed by atoms with Crippen molar-refractivity contribution in [3.05, 3.63) is 0 Å². The molecule has 1 heterocycles. The number of hydrogen-bond donors (Lipinski definition) is 2. The molecular formula is C15H26N2O3. The molecule has 2 atom stereocenters. The molecule has 0 aromatic carbocycles. The summed E-state index contributed by atoms with van der Waals surface area (Å²) in [5.41, 5.74) is 0.325. The number of hydrogen-bond acceptors (Lipinski definition) is 2. The number of nitrogens with zero attached hydrogens (tertiary/aromatic N) is 1. The SMILES string of the molecule is CC1(C)CCC(NC(=O)N2CCCC(CC(=O)O)C2)C1. The Morgan fingerprint density at radius 1 is 1.35 bits per heavy atom. The molecule has 1 saturated heterocycles. The maximum atomic E-state index is 12.3. The third-order valence-electron chi connectivity index (χ3n) is 4.57. The van der Waals surface area contributed by atoms with Gasteiger partial charge in [-0.05, 0) is 43.4 Å². The van der Waals surface area contributed by atoms with Gasteiger partial charge < -0.3 is 15.3 Å².